The Kier molecular flexibility index (Phi) is 9.78. The predicted octanol–water partition coefficient (Wildman–Crippen LogP) is -0.320. The van der Waals surface area contributed by atoms with Crippen molar-refractivity contribution >= 4 is 29.9 Å². The maximum Gasteiger partial charge on any atom is 0.245 e. The van der Waals surface area contributed by atoms with Crippen molar-refractivity contribution in [3.05, 3.63) is 24.3 Å². The SMILES string of the molecule is CC(C)[C@H]1C(=O)N[C@@H](C)C(=O)NCCC[C@H](NC(=O)/C=C/C=C/C=O)C(=O)N1C. The smallest absolute Gasteiger partial charge is 0.245 e. The maximum atomic E-state index is 13.0. The molecule has 0 aromatic rings. The monoisotopic (exact) mass is 406 g/mol. The largest absolute Gasteiger partial charge is 0.354 e. The Morgan fingerprint density at radius 2 is 1.86 bits per heavy atom. The summed E-state index contributed by atoms with van der Waals surface area (Å²) in [7, 11) is 1.52. The van der Waals surface area contributed by atoms with Gasteiger partial charge in [0.05, 0.1) is 0 Å². The molecule has 160 valence electrons. The number of nitrogens with zero attached hydrogens (tertiary/aromatic N) is 1. The van der Waals surface area contributed by atoms with Gasteiger partial charge in [0.1, 0.15) is 24.4 Å². The van der Waals surface area contributed by atoms with Crippen molar-refractivity contribution in [2.75, 3.05) is 13.6 Å². The molecule has 0 aromatic heterocycles. The molecule has 1 rings (SSSR count). The minimum absolute atomic E-state index is 0.202. The van der Waals surface area contributed by atoms with Gasteiger partial charge in [0, 0.05) is 19.7 Å². The number of carbonyl (C=O) groups is 5. The summed E-state index contributed by atoms with van der Waals surface area (Å²) in [6.45, 7) is 5.52. The van der Waals surface area contributed by atoms with Gasteiger partial charge in [-0.15, -0.1) is 0 Å². The van der Waals surface area contributed by atoms with Crippen LogP contribution in [-0.4, -0.2) is 66.5 Å². The summed E-state index contributed by atoms with van der Waals surface area (Å²) in [5, 5.41) is 8.00. The zero-order valence-corrected chi connectivity index (χ0v) is 17.3. The van der Waals surface area contributed by atoms with Crippen LogP contribution in [0.15, 0.2) is 24.3 Å². The van der Waals surface area contributed by atoms with E-state index >= 15 is 0 Å². The molecular weight excluding hydrogens is 376 g/mol. The van der Waals surface area contributed by atoms with Gasteiger partial charge in [-0.3, -0.25) is 24.0 Å². The van der Waals surface area contributed by atoms with Crippen LogP contribution in [0.25, 0.3) is 0 Å². The Labute approximate surface area is 171 Å². The van der Waals surface area contributed by atoms with Crippen LogP contribution in [0, 0.1) is 5.92 Å². The lowest BCUT2D eigenvalue weighted by Crippen LogP contribution is -2.58. The third-order valence-corrected chi connectivity index (χ3v) is 4.55. The second-order valence-corrected chi connectivity index (χ2v) is 7.24. The highest BCUT2D eigenvalue weighted by Gasteiger charge is 2.35. The fraction of sp³-hybridized carbons (Fsp3) is 0.550. The molecule has 3 N–H and O–H groups in total. The molecule has 0 aromatic carbocycles. The van der Waals surface area contributed by atoms with E-state index in [9.17, 15) is 24.0 Å². The van der Waals surface area contributed by atoms with Crippen molar-refractivity contribution in [1.29, 1.82) is 0 Å². The van der Waals surface area contributed by atoms with Gasteiger partial charge in [-0.2, -0.15) is 0 Å². The summed E-state index contributed by atoms with van der Waals surface area (Å²) in [5.41, 5.74) is 0. The molecule has 4 amide bonds. The van der Waals surface area contributed by atoms with Crippen LogP contribution >= 0.6 is 0 Å². The Morgan fingerprint density at radius 3 is 2.48 bits per heavy atom. The van der Waals surface area contributed by atoms with Crippen LogP contribution in [0.1, 0.15) is 33.6 Å². The highest BCUT2D eigenvalue weighted by atomic mass is 16.2. The zero-order chi connectivity index (χ0) is 22.0. The number of rotatable bonds is 5. The van der Waals surface area contributed by atoms with Crippen molar-refractivity contribution in [2.24, 2.45) is 5.92 Å². The summed E-state index contributed by atoms with van der Waals surface area (Å²) in [6, 6.07) is -2.36. The number of amides is 4. The molecule has 0 bridgehead atoms. The molecule has 0 unspecified atom stereocenters. The molecule has 1 fully saturated rings. The average molecular weight is 406 g/mol. The second-order valence-electron chi connectivity index (χ2n) is 7.24. The van der Waals surface area contributed by atoms with Gasteiger partial charge in [0.25, 0.3) is 0 Å². The Bertz CT molecular complexity index is 686. The first kappa shape index (κ1) is 24.1. The Balaban J connectivity index is 3.06. The van der Waals surface area contributed by atoms with Gasteiger partial charge in [0.15, 0.2) is 0 Å². The maximum absolute atomic E-state index is 13.0. The average Bonchev–Trinajstić information content (AvgIpc) is 2.65. The summed E-state index contributed by atoms with van der Waals surface area (Å²) < 4.78 is 0. The van der Waals surface area contributed by atoms with E-state index in [1.54, 1.807) is 20.8 Å². The molecule has 0 radical (unpaired) electrons. The quantitative estimate of drug-likeness (QED) is 0.328. The number of hydrogen-bond donors (Lipinski definition) is 3. The van der Waals surface area contributed by atoms with Gasteiger partial charge in [-0.1, -0.05) is 26.0 Å². The number of carbonyl (C=O) groups excluding carboxylic acids is 5. The molecule has 9 heteroatoms. The fourth-order valence-electron chi connectivity index (χ4n) is 3.07. The molecule has 0 spiro atoms. The van der Waals surface area contributed by atoms with Crippen molar-refractivity contribution in [3.8, 4) is 0 Å². The molecule has 1 aliphatic heterocycles. The molecule has 0 saturated carbocycles. The van der Waals surface area contributed by atoms with Crippen LogP contribution < -0.4 is 16.0 Å². The minimum atomic E-state index is -0.852. The van der Waals surface area contributed by atoms with Crippen molar-refractivity contribution in [3.63, 3.8) is 0 Å². The molecule has 0 aliphatic carbocycles. The van der Waals surface area contributed by atoms with Crippen LogP contribution in [0.3, 0.4) is 0 Å². The van der Waals surface area contributed by atoms with Crippen LogP contribution in [0.4, 0.5) is 0 Å². The van der Waals surface area contributed by atoms with Crippen LogP contribution in [-0.2, 0) is 24.0 Å². The molecule has 1 heterocycles. The van der Waals surface area contributed by atoms with E-state index in [1.165, 1.54) is 36.3 Å². The van der Waals surface area contributed by atoms with E-state index in [0.717, 1.165) is 0 Å². The third kappa shape index (κ3) is 7.52. The number of allylic oxidation sites excluding steroid dienone is 3. The van der Waals surface area contributed by atoms with Crippen LogP contribution in [0.2, 0.25) is 0 Å². The Morgan fingerprint density at radius 1 is 1.17 bits per heavy atom. The lowest BCUT2D eigenvalue weighted by Gasteiger charge is -2.34. The number of likely N-dealkylation sites (N-methyl/N-ethyl adjacent to an activating group) is 1. The zero-order valence-electron chi connectivity index (χ0n) is 17.3. The van der Waals surface area contributed by atoms with Crippen molar-refractivity contribution in [2.45, 2.75) is 51.7 Å². The number of hydrogen-bond acceptors (Lipinski definition) is 5. The molecule has 3 atom stereocenters. The van der Waals surface area contributed by atoms with Gasteiger partial charge in [-0.25, -0.2) is 0 Å². The fourth-order valence-corrected chi connectivity index (χ4v) is 3.07. The molecule has 29 heavy (non-hydrogen) atoms. The van der Waals surface area contributed by atoms with Crippen molar-refractivity contribution in [1.82, 2.24) is 20.9 Å². The van der Waals surface area contributed by atoms with Crippen LogP contribution in [0.5, 0.6) is 0 Å². The lowest BCUT2D eigenvalue weighted by atomic mass is 9.99. The lowest BCUT2D eigenvalue weighted by molar-refractivity contribution is -0.144. The predicted molar refractivity (Wildman–Crippen MR) is 108 cm³/mol. The van der Waals surface area contributed by atoms with Gasteiger partial charge in [0.2, 0.25) is 23.6 Å². The molecule has 1 saturated heterocycles. The summed E-state index contributed by atoms with van der Waals surface area (Å²) in [5.74, 6) is -1.82. The number of aldehydes is 1. The third-order valence-electron chi connectivity index (χ3n) is 4.55. The topological polar surface area (TPSA) is 125 Å². The van der Waals surface area contributed by atoms with Gasteiger partial charge >= 0.3 is 0 Å². The van der Waals surface area contributed by atoms with E-state index in [0.29, 0.717) is 25.7 Å². The van der Waals surface area contributed by atoms with E-state index in [-0.39, 0.29) is 17.7 Å². The first-order valence-electron chi connectivity index (χ1n) is 9.62. The Hall–Kier alpha value is -2.97. The van der Waals surface area contributed by atoms with E-state index in [1.807, 2.05) is 0 Å². The summed E-state index contributed by atoms with van der Waals surface area (Å²) in [4.78, 5) is 61.6. The van der Waals surface area contributed by atoms with E-state index in [2.05, 4.69) is 16.0 Å². The summed E-state index contributed by atoms with van der Waals surface area (Å²) in [6.07, 6.45) is 6.58. The number of nitrogens with one attached hydrogen (secondary N) is 3. The van der Waals surface area contributed by atoms with E-state index < -0.39 is 29.9 Å². The summed E-state index contributed by atoms with van der Waals surface area (Å²) >= 11 is 0. The molecule has 9 nitrogen and oxygen atoms in total. The first-order chi connectivity index (χ1) is 13.7. The van der Waals surface area contributed by atoms with Gasteiger partial charge < -0.3 is 20.9 Å². The van der Waals surface area contributed by atoms with Crippen molar-refractivity contribution < 1.29 is 24.0 Å². The molecule has 1 aliphatic rings. The highest BCUT2D eigenvalue weighted by molar-refractivity contribution is 5.96. The highest BCUT2D eigenvalue weighted by Crippen LogP contribution is 2.14. The van der Waals surface area contributed by atoms with E-state index in [4.69, 9.17) is 0 Å². The second kappa shape index (κ2) is 11.8. The first-order valence-corrected chi connectivity index (χ1v) is 9.62. The molecular formula is C20H30N4O5. The normalized spacial score (nSPS) is 24.8. The standard InChI is InChI=1S/C20H30N4O5/c1-13(2)17-19(28)22-14(3)18(27)21-11-8-9-15(20(29)24(17)4)23-16(26)10-6-5-7-12-25/h5-7,10,12-15,17H,8-9,11H2,1-4H3,(H,21,27)(H,22,28)(H,23,26)/b7-5+,10-6+/t14-,15-,17-/m0/s1. The minimum Gasteiger partial charge on any atom is -0.354 e. The van der Waals surface area contributed by atoms with Gasteiger partial charge in [-0.05, 0) is 31.8 Å².